The predicted molar refractivity (Wildman–Crippen MR) is 112 cm³/mol. The first-order chi connectivity index (χ1) is 14.2. The monoisotopic (exact) mass is 390 g/mol. The summed E-state index contributed by atoms with van der Waals surface area (Å²) in [6.07, 6.45) is 7.64. The molecule has 0 aliphatic heterocycles. The minimum atomic E-state index is -0.0292. The molecule has 0 unspecified atom stereocenters. The maximum Gasteiger partial charge on any atom is 0.318 e. The molecule has 0 spiro atoms. The Hall–Kier alpha value is -3.28. The maximum atomic E-state index is 12.9. The summed E-state index contributed by atoms with van der Waals surface area (Å²) in [5.41, 5.74) is 3.30. The van der Waals surface area contributed by atoms with E-state index < -0.39 is 0 Å². The van der Waals surface area contributed by atoms with Gasteiger partial charge in [0.2, 0.25) is 0 Å². The molecule has 1 saturated carbocycles. The number of urea groups is 1. The second-order valence-corrected chi connectivity index (χ2v) is 7.38. The summed E-state index contributed by atoms with van der Waals surface area (Å²) in [6.45, 7) is 1.83. The minimum absolute atomic E-state index is 0.0292. The van der Waals surface area contributed by atoms with Crippen LogP contribution in [0.3, 0.4) is 0 Å². The van der Waals surface area contributed by atoms with Gasteiger partial charge in [-0.1, -0.05) is 42.5 Å². The molecule has 150 valence electrons. The number of nitrogens with one attached hydrogen (secondary N) is 1. The number of benzene rings is 2. The number of nitrogens with zero attached hydrogens (tertiary/aromatic N) is 3. The Labute approximate surface area is 171 Å². The molecule has 3 aromatic rings. The molecule has 0 bridgehead atoms. The summed E-state index contributed by atoms with van der Waals surface area (Å²) in [5, 5.41) is 3.09. The number of carbonyl (C=O) groups is 1. The van der Waals surface area contributed by atoms with Gasteiger partial charge < -0.3 is 19.5 Å². The second-order valence-electron chi connectivity index (χ2n) is 7.38. The van der Waals surface area contributed by atoms with Crippen LogP contribution in [0.5, 0.6) is 5.75 Å². The smallest absolute Gasteiger partial charge is 0.318 e. The van der Waals surface area contributed by atoms with E-state index in [2.05, 4.69) is 22.4 Å². The Balaban J connectivity index is 1.38. The van der Waals surface area contributed by atoms with Crippen molar-refractivity contribution in [2.45, 2.75) is 38.5 Å². The largest absolute Gasteiger partial charge is 0.496 e. The molecule has 0 saturated heterocycles. The highest BCUT2D eigenvalue weighted by atomic mass is 16.5. The highest BCUT2D eigenvalue weighted by Gasteiger charge is 2.33. The fourth-order valence-electron chi connectivity index (χ4n) is 3.48. The van der Waals surface area contributed by atoms with Crippen molar-refractivity contribution in [3.05, 3.63) is 83.9 Å². The Morgan fingerprint density at radius 2 is 2.03 bits per heavy atom. The van der Waals surface area contributed by atoms with Crippen LogP contribution in [0.15, 0.2) is 67.3 Å². The molecule has 1 heterocycles. The van der Waals surface area contributed by atoms with Gasteiger partial charge in [0.05, 0.1) is 20.0 Å². The Morgan fingerprint density at radius 3 is 2.79 bits per heavy atom. The molecule has 0 atom stereocenters. The fraction of sp³-hybridized carbons (Fsp3) is 0.304. The first-order valence-corrected chi connectivity index (χ1v) is 9.93. The third-order valence-corrected chi connectivity index (χ3v) is 5.14. The third kappa shape index (κ3) is 4.96. The van der Waals surface area contributed by atoms with Crippen molar-refractivity contribution in [3.8, 4) is 5.75 Å². The van der Waals surface area contributed by atoms with Crippen molar-refractivity contribution >= 4 is 6.03 Å². The zero-order valence-corrected chi connectivity index (χ0v) is 16.6. The second kappa shape index (κ2) is 8.82. The quantitative estimate of drug-likeness (QED) is 0.636. The average molecular weight is 390 g/mol. The number of ether oxygens (including phenoxy) is 1. The van der Waals surface area contributed by atoms with Crippen LogP contribution in [0.4, 0.5) is 4.79 Å². The number of methoxy groups -OCH3 is 1. The number of amides is 2. The van der Waals surface area contributed by atoms with Crippen LogP contribution in [0.1, 0.15) is 29.5 Å². The lowest BCUT2D eigenvalue weighted by Gasteiger charge is -2.24. The van der Waals surface area contributed by atoms with Crippen molar-refractivity contribution in [3.63, 3.8) is 0 Å². The summed E-state index contributed by atoms with van der Waals surface area (Å²) < 4.78 is 7.47. The normalized spacial score (nSPS) is 13.1. The van der Waals surface area contributed by atoms with Gasteiger partial charge in [0, 0.05) is 37.1 Å². The molecule has 1 N–H and O–H groups in total. The molecule has 6 heteroatoms. The molecule has 6 nitrogen and oxygen atoms in total. The van der Waals surface area contributed by atoms with E-state index >= 15 is 0 Å². The fourth-order valence-corrected chi connectivity index (χ4v) is 3.48. The van der Waals surface area contributed by atoms with Gasteiger partial charge in [-0.05, 0) is 30.0 Å². The number of aromatic nitrogens is 2. The van der Waals surface area contributed by atoms with Crippen molar-refractivity contribution in [1.82, 2.24) is 19.8 Å². The Kier molecular flexibility index (Phi) is 5.79. The molecule has 2 aromatic carbocycles. The number of imidazole rings is 1. The van der Waals surface area contributed by atoms with E-state index in [1.165, 1.54) is 5.56 Å². The number of para-hydroxylation sites is 1. The zero-order valence-electron chi connectivity index (χ0n) is 16.6. The zero-order chi connectivity index (χ0) is 20.1. The summed E-state index contributed by atoms with van der Waals surface area (Å²) in [7, 11) is 1.66. The number of carbonyl (C=O) groups excluding carboxylic acids is 1. The molecule has 1 aromatic heterocycles. The van der Waals surface area contributed by atoms with Crippen LogP contribution in [0.25, 0.3) is 0 Å². The van der Waals surface area contributed by atoms with Gasteiger partial charge in [-0.15, -0.1) is 0 Å². The SMILES string of the molecule is COc1ccccc1CN(C(=O)NCc1cccc(Cn2ccnc2)c1)C1CC1. The lowest BCUT2D eigenvalue weighted by Crippen LogP contribution is -2.40. The Bertz CT molecular complexity index is 951. The van der Waals surface area contributed by atoms with Gasteiger partial charge in [0.1, 0.15) is 5.75 Å². The van der Waals surface area contributed by atoms with Crippen LogP contribution < -0.4 is 10.1 Å². The first-order valence-electron chi connectivity index (χ1n) is 9.93. The lowest BCUT2D eigenvalue weighted by molar-refractivity contribution is 0.191. The van der Waals surface area contributed by atoms with Gasteiger partial charge in [0.15, 0.2) is 0 Å². The van der Waals surface area contributed by atoms with Crippen molar-refractivity contribution in [2.75, 3.05) is 7.11 Å². The molecular formula is C23H26N4O2. The van der Waals surface area contributed by atoms with E-state index in [0.29, 0.717) is 19.1 Å². The highest BCUT2D eigenvalue weighted by Crippen LogP contribution is 2.30. The topological polar surface area (TPSA) is 59.4 Å². The summed E-state index contributed by atoms with van der Waals surface area (Å²) in [6, 6.07) is 16.4. The molecule has 29 heavy (non-hydrogen) atoms. The predicted octanol–water partition coefficient (Wildman–Crippen LogP) is 3.81. The van der Waals surface area contributed by atoms with E-state index in [0.717, 1.165) is 36.3 Å². The van der Waals surface area contributed by atoms with Gasteiger partial charge in [-0.3, -0.25) is 0 Å². The summed E-state index contributed by atoms with van der Waals surface area (Å²) in [4.78, 5) is 18.9. The number of hydrogen-bond acceptors (Lipinski definition) is 3. The van der Waals surface area contributed by atoms with Crippen molar-refractivity contribution < 1.29 is 9.53 Å². The maximum absolute atomic E-state index is 12.9. The van der Waals surface area contributed by atoms with E-state index in [4.69, 9.17) is 4.74 Å². The van der Waals surface area contributed by atoms with E-state index in [-0.39, 0.29) is 6.03 Å². The van der Waals surface area contributed by atoms with Crippen LogP contribution in [-0.2, 0) is 19.6 Å². The first kappa shape index (κ1) is 19.1. The standard InChI is InChI=1S/C23H26N4O2/c1-29-22-8-3-2-7-20(22)16-27(21-9-10-21)23(28)25-14-18-5-4-6-19(13-18)15-26-12-11-24-17-26/h2-8,11-13,17,21H,9-10,14-16H2,1H3,(H,25,28). The molecule has 2 amide bonds. The van der Waals surface area contributed by atoms with Crippen LogP contribution in [0.2, 0.25) is 0 Å². The third-order valence-electron chi connectivity index (χ3n) is 5.14. The van der Waals surface area contributed by atoms with E-state index in [9.17, 15) is 4.79 Å². The van der Waals surface area contributed by atoms with E-state index in [1.54, 1.807) is 19.6 Å². The summed E-state index contributed by atoms with van der Waals surface area (Å²) in [5.74, 6) is 0.818. The number of rotatable bonds is 8. The van der Waals surface area contributed by atoms with Crippen LogP contribution in [-0.4, -0.2) is 33.6 Å². The molecule has 1 aliphatic carbocycles. The van der Waals surface area contributed by atoms with Gasteiger partial charge >= 0.3 is 6.03 Å². The van der Waals surface area contributed by atoms with Crippen LogP contribution in [0, 0.1) is 0 Å². The van der Waals surface area contributed by atoms with Crippen molar-refractivity contribution in [1.29, 1.82) is 0 Å². The highest BCUT2D eigenvalue weighted by molar-refractivity contribution is 5.75. The minimum Gasteiger partial charge on any atom is -0.496 e. The Morgan fingerprint density at radius 1 is 1.21 bits per heavy atom. The van der Waals surface area contributed by atoms with E-state index in [1.807, 2.05) is 52.1 Å². The van der Waals surface area contributed by atoms with Gasteiger partial charge in [0.25, 0.3) is 0 Å². The average Bonchev–Trinajstić information content (AvgIpc) is 3.47. The van der Waals surface area contributed by atoms with Gasteiger partial charge in [-0.25, -0.2) is 9.78 Å². The molecule has 4 rings (SSSR count). The molecular weight excluding hydrogens is 364 g/mol. The lowest BCUT2D eigenvalue weighted by atomic mass is 10.1. The summed E-state index contributed by atoms with van der Waals surface area (Å²) >= 11 is 0. The van der Waals surface area contributed by atoms with Crippen LogP contribution >= 0.6 is 0 Å². The number of hydrogen-bond donors (Lipinski definition) is 1. The molecule has 1 aliphatic rings. The molecule has 0 radical (unpaired) electrons. The van der Waals surface area contributed by atoms with Gasteiger partial charge in [-0.2, -0.15) is 0 Å². The van der Waals surface area contributed by atoms with Crippen molar-refractivity contribution in [2.24, 2.45) is 0 Å². The molecule has 1 fully saturated rings.